The molecule has 5 rings (SSSR count). The number of hydrogen-bond donors (Lipinski definition) is 1. The molecular weight excluding hydrogens is 430 g/mol. The lowest BCUT2D eigenvalue weighted by atomic mass is 9.69. The zero-order valence-electron chi connectivity index (χ0n) is 18.3. The minimum Gasteiger partial charge on any atom is -0.508 e. The molecule has 1 aliphatic carbocycles. The molecule has 1 aliphatic rings. The van der Waals surface area contributed by atoms with E-state index in [0.29, 0.717) is 24.2 Å². The van der Waals surface area contributed by atoms with Crippen molar-refractivity contribution in [3.63, 3.8) is 0 Å². The van der Waals surface area contributed by atoms with Gasteiger partial charge in [-0.15, -0.1) is 11.6 Å². The summed E-state index contributed by atoms with van der Waals surface area (Å²) in [6.07, 6.45) is 3.83. The fourth-order valence-electron chi connectivity index (χ4n) is 4.84. The fourth-order valence-corrected chi connectivity index (χ4v) is 4.99. The van der Waals surface area contributed by atoms with E-state index in [2.05, 4.69) is 53.5 Å². The van der Waals surface area contributed by atoms with Gasteiger partial charge in [-0.05, 0) is 71.3 Å². The van der Waals surface area contributed by atoms with Crippen LogP contribution in [0.5, 0.6) is 11.5 Å². The van der Waals surface area contributed by atoms with Gasteiger partial charge in [0.25, 0.3) is 0 Å². The third-order valence-electron chi connectivity index (χ3n) is 6.48. The number of phenols is 1. The van der Waals surface area contributed by atoms with Gasteiger partial charge in [-0.25, -0.2) is 0 Å². The quantitative estimate of drug-likeness (QED) is 0.319. The number of benzene rings is 3. The molecule has 0 spiro atoms. The van der Waals surface area contributed by atoms with Crippen molar-refractivity contribution in [1.29, 1.82) is 0 Å². The smallest absolute Gasteiger partial charge is 0.119 e. The number of rotatable bonds is 6. The number of alkyl halides is 1. The van der Waals surface area contributed by atoms with Crippen LogP contribution in [-0.4, -0.2) is 10.1 Å². The number of aromatic hydroxyl groups is 1. The predicted molar refractivity (Wildman–Crippen MR) is 132 cm³/mol. The number of halogens is 1. The molecule has 1 aromatic heterocycles. The van der Waals surface area contributed by atoms with Gasteiger partial charge in [0, 0.05) is 17.7 Å². The van der Waals surface area contributed by atoms with Crippen LogP contribution in [0.15, 0.2) is 91.1 Å². The third-order valence-corrected chi connectivity index (χ3v) is 6.76. The van der Waals surface area contributed by atoms with Gasteiger partial charge in [0.1, 0.15) is 18.1 Å². The molecule has 33 heavy (non-hydrogen) atoms. The summed E-state index contributed by atoms with van der Waals surface area (Å²) in [7, 11) is 0. The number of ether oxygens (including phenoxy) is 1. The molecule has 1 N–H and O–H groups in total. The van der Waals surface area contributed by atoms with Gasteiger partial charge in [0.15, 0.2) is 0 Å². The molecule has 0 unspecified atom stereocenters. The maximum Gasteiger partial charge on any atom is 0.119 e. The van der Waals surface area contributed by atoms with Crippen LogP contribution in [0.4, 0.5) is 0 Å². The molecule has 0 saturated carbocycles. The second kappa shape index (κ2) is 9.68. The van der Waals surface area contributed by atoms with E-state index in [1.54, 1.807) is 6.07 Å². The van der Waals surface area contributed by atoms with Crippen molar-refractivity contribution >= 4 is 11.6 Å². The van der Waals surface area contributed by atoms with Gasteiger partial charge in [0.05, 0.1) is 11.6 Å². The molecule has 1 heterocycles. The Balaban J connectivity index is 1.40. The average molecular weight is 456 g/mol. The van der Waals surface area contributed by atoms with E-state index in [-0.39, 0.29) is 5.92 Å². The zero-order valence-corrected chi connectivity index (χ0v) is 19.1. The highest BCUT2D eigenvalue weighted by atomic mass is 35.5. The molecule has 0 radical (unpaired) electrons. The molecule has 0 fully saturated rings. The maximum atomic E-state index is 10.0. The normalized spacial score (nSPS) is 17.4. The Morgan fingerprint density at radius 2 is 1.73 bits per heavy atom. The molecule has 3 nitrogen and oxygen atoms in total. The van der Waals surface area contributed by atoms with Crippen molar-refractivity contribution in [3.8, 4) is 11.5 Å². The fraction of sp³-hybridized carbons (Fsp3) is 0.207. The molecule has 0 bridgehead atoms. The predicted octanol–water partition coefficient (Wildman–Crippen LogP) is 6.97. The molecule has 166 valence electrons. The first-order chi connectivity index (χ1) is 16.2. The first kappa shape index (κ1) is 21.5. The number of fused-ring (bicyclic) bond motifs is 1. The van der Waals surface area contributed by atoms with Crippen molar-refractivity contribution in [2.45, 2.75) is 37.2 Å². The molecule has 2 atom stereocenters. The van der Waals surface area contributed by atoms with Crippen molar-refractivity contribution in [1.82, 2.24) is 4.98 Å². The number of aromatic nitrogens is 1. The van der Waals surface area contributed by atoms with Gasteiger partial charge in [-0.3, -0.25) is 4.98 Å². The van der Waals surface area contributed by atoms with E-state index < -0.39 is 0 Å². The number of phenolic OH excluding ortho intramolecular Hbond substituents is 1. The van der Waals surface area contributed by atoms with Crippen LogP contribution < -0.4 is 4.74 Å². The van der Waals surface area contributed by atoms with Crippen LogP contribution in [0.3, 0.4) is 0 Å². The van der Waals surface area contributed by atoms with Gasteiger partial charge >= 0.3 is 0 Å². The number of pyridine rings is 1. The standard InChI is InChI=1S/C29H26ClNO2/c30-17-24-10-6-20(18-31-24)19-33-26-12-7-22(8-13-26)29-27(21-4-2-1-3-5-21)14-9-23-16-25(32)11-15-28(23)29/h1-8,10-13,15-16,18,27,29,32H,9,14,17,19H2/t27-,29+/m1/s1. The van der Waals surface area contributed by atoms with Crippen LogP contribution in [0.25, 0.3) is 0 Å². The first-order valence-corrected chi connectivity index (χ1v) is 11.8. The van der Waals surface area contributed by atoms with Crippen molar-refractivity contribution < 1.29 is 9.84 Å². The van der Waals surface area contributed by atoms with Crippen LogP contribution in [0.1, 0.15) is 51.8 Å². The van der Waals surface area contributed by atoms with E-state index >= 15 is 0 Å². The van der Waals surface area contributed by atoms with E-state index in [1.165, 1.54) is 22.3 Å². The lowest BCUT2D eigenvalue weighted by Gasteiger charge is -2.34. The Hall–Kier alpha value is -3.30. The topological polar surface area (TPSA) is 42.4 Å². The Kier molecular flexibility index (Phi) is 6.32. The summed E-state index contributed by atoms with van der Waals surface area (Å²) in [4.78, 5) is 4.32. The molecule has 4 heteroatoms. The Morgan fingerprint density at radius 1 is 0.909 bits per heavy atom. The SMILES string of the molecule is Oc1ccc2c(c1)CC[C@H](c1ccccc1)[C@@H]2c1ccc(OCc2ccc(CCl)nc2)cc1. The van der Waals surface area contributed by atoms with E-state index in [9.17, 15) is 5.11 Å². The summed E-state index contributed by atoms with van der Waals surface area (Å²) in [6.45, 7) is 0.465. The lowest BCUT2D eigenvalue weighted by Crippen LogP contribution is -2.20. The van der Waals surface area contributed by atoms with Crippen LogP contribution >= 0.6 is 11.6 Å². The van der Waals surface area contributed by atoms with Gasteiger partial charge in [-0.2, -0.15) is 0 Å². The Bertz CT molecular complexity index is 1210. The summed E-state index contributed by atoms with van der Waals surface area (Å²) in [5.74, 6) is 2.21. The van der Waals surface area contributed by atoms with Crippen molar-refractivity contribution in [3.05, 3.63) is 125 Å². The van der Waals surface area contributed by atoms with Crippen LogP contribution in [0, 0.1) is 0 Å². The largest absolute Gasteiger partial charge is 0.508 e. The minimum absolute atomic E-state index is 0.234. The molecular formula is C29H26ClNO2. The third kappa shape index (κ3) is 4.74. The highest BCUT2D eigenvalue weighted by molar-refractivity contribution is 6.16. The van der Waals surface area contributed by atoms with E-state index in [4.69, 9.17) is 16.3 Å². The summed E-state index contributed by atoms with van der Waals surface area (Å²) < 4.78 is 6.00. The molecule has 0 saturated heterocycles. The molecule has 0 amide bonds. The summed E-state index contributed by atoms with van der Waals surface area (Å²) in [6, 6.07) is 28.9. The van der Waals surface area contributed by atoms with Gasteiger partial charge in [0.2, 0.25) is 0 Å². The Morgan fingerprint density at radius 3 is 2.45 bits per heavy atom. The van der Waals surface area contributed by atoms with Crippen LogP contribution in [0.2, 0.25) is 0 Å². The number of aryl methyl sites for hydroxylation is 1. The summed E-state index contributed by atoms with van der Waals surface area (Å²) in [5.41, 5.74) is 7.02. The second-order valence-corrected chi connectivity index (χ2v) is 8.83. The molecule has 4 aromatic rings. The van der Waals surface area contributed by atoms with Crippen molar-refractivity contribution in [2.24, 2.45) is 0 Å². The summed E-state index contributed by atoms with van der Waals surface area (Å²) >= 11 is 5.81. The first-order valence-electron chi connectivity index (χ1n) is 11.3. The highest BCUT2D eigenvalue weighted by Crippen LogP contribution is 2.47. The summed E-state index contributed by atoms with van der Waals surface area (Å²) in [5, 5.41) is 10.0. The zero-order chi connectivity index (χ0) is 22.6. The van der Waals surface area contributed by atoms with Crippen molar-refractivity contribution in [2.75, 3.05) is 0 Å². The monoisotopic (exact) mass is 455 g/mol. The van der Waals surface area contributed by atoms with Gasteiger partial charge < -0.3 is 9.84 Å². The van der Waals surface area contributed by atoms with Gasteiger partial charge in [-0.1, -0.05) is 54.6 Å². The number of hydrogen-bond acceptors (Lipinski definition) is 3. The lowest BCUT2D eigenvalue weighted by molar-refractivity contribution is 0.305. The molecule has 0 aliphatic heterocycles. The minimum atomic E-state index is 0.234. The second-order valence-electron chi connectivity index (χ2n) is 8.57. The highest BCUT2D eigenvalue weighted by Gasteiger charge is 2.32. The average Bonchev–Trinajstić information content (AvgIpc) is 2.88. The van der Waals surface area contributed by atoms with E-state index in [1.807, 2.05) is 36.5 Å². The number of nitrogens with zero attached hydrogens (tertiary/aromatic N) is 1. The maximum absolute atomic E-state index is 10.0. The van der Waals surface area contributed by atoms with Crippen LogP contribution in [-0.2, 0) is 18.9 Å². The van der Waals surface area contributed by atoms with E-state index in [0.717, 1.165) is 29.8 Å². The molecule has 3 aromatic carbocycles. The Labute approximate surface area is 199 Å².